The molecule has 1 atom stereocenters. The van der Waals surface area contributed by atoms with E-state index in [9.17, 15) is 9.59 Å². The Kier molecular flexibility index (Phi) is 9.40. The van der Waals surface area contributed by atoms with Crippen molar-refractivity contribution in [3.05, 3.63) is 29.3 Å². The molecule has 0 aromatic heterocycles. The number of hydrogen-bond acceptors (Lipinski definition) is 4. The minimum Gasteiger partial charge on any atom is -0.496 e. The van der Waals surface area contributed by atoms with Gasteiger partial charge in [-0.25, -0.2) is 0 Å². The van der Waals surface area contributed by atoms with E-state index in [1.807, 2.05) is 39.0 Å². The summed E-state index contributed by atoms with van der Waals surface area (Å²) in [5, 5.41) is 2.58. The number of ether oxygens (including phenoxy) is 1. The molecule has 24 heavy (non-hydrogen) atoms. The standard InChI is InChI=1S/C17H27N3O3.ClH/c1-11(2)16(18)17(22)19-9-15(21)20(4)10-13-6-7-14(23-5)12(3)8-13;/h6-8,11,16H,9-10,18H2,1-5H3,(H,19,22);1H/t16-;/m0./s1. The maximum absolute atomic E-state index is 12.1. The number of nitrogens with one attached hydrogen (secondary N) is 1. The van der Waals surface area contributed by atoms with Crippen molar-refractivity contribution in [2.45, 2.75) is 33.4 Å². The number of rotatable bonds is 7. The van der Waals surface area contributed by atoms with Gasteiger partial charge in [0, 0.05) is 13.6 Å². The lowest BCUT2D eigenvalue weighted by Gasteiger charge is -2.20. The van der Waals surface area contributed by atoms with Crippen LogP contribution in [0.15, 0.2) is 18.2 Å². The molecule has 0 unspecified atom stereocenters. The Morgan fingerprint density at radius 1 is 1.33 bits per heavy atom. The number of nitrogens with two attached hydrogens (primary N) is 1. The van der Waals surface area contributed by atoms with Crippen LogP contribution in [0, 0.1) is 12.8 Å². The van der Waals surface area contributed by atoms with Gasteiger partial charge in [0.2, 0.25) is 11.8 Å². The summed E-state index contributed by atoms with van der Waals surface area (Å²) in [4.78, 5) is 25.4. The first-order valence-electron chi connectivity index (χ1n) is 7.67. The molecular weight excluding hydrogens is 330 g/mol. The van der Waals surface area contributed by atoms with Crippen molar-refractivity contribution in [3.8, 4) is 5.75 Å². The van der Waals surface area contributed by atoms with Gasteiger partial charge in [0.1, 0.15) is 5.75 Å². The van der Waals surface area contributed by atoms with Crippen LogP contribution in [0.5, 0.6) is 5.75 Å². The van der Waals surface area contributed by atoms with E-state index in [1.54, 1.807) is 19.1 Å². The van der Waals surface area contributed by atoms with Gasteiger partial charge in [-0.05, 0) is 30.0 Å². The molecule has 1 aromatic carbocycles. The number of halogens is 1. The van der Waals surface area contributed by atoms with Crippen LogP contribution in [0.1, 0.15) is 25.0 Å². The maximum Gasteiger partial charge on any atom is 0.242 e. The monoisotopic (exact) mass is 357 g/mol. The van der Waals surface area contributed by atoms with E-state index in [2.05, 4.69) is 5.32 Å². The highest BCUT2D eigenvalue weighted by atomic mass is 35.5. The molecule has 1 aromatic rings. The number of amides is 2. The van der Waals surface area contributed by atoms with Gasteiger partial charge in [0.25, 0.3) is 0 Å². The van der Waals surface area contributed by atoms with Gasteiger partial charge in [0.05, 0.1) is 19.7 Å². The van der Waals surface area contributed by atoms with Crippen LogP contribution in [0.2, 0.25) is 0 Å². The van der Waals surface area contributed by atoms with E-state index >= 15 is 0 Å². The largest absolute Gasteiger partial charge is 0.496 e. The molecular formula is C17H28ClN3O3. The minimum absolute atomic E-state index is 0. The molecule has 136 valence electrons. The van der Waals surface area contributed by atoms with Crippen LogP contribution >= 0.6 is 12.4 Å². The Morgan fingerprint density at radius 3 is 2.46 bits per heavy atom. The molecule has 6 nitrogen and oxygen atoms in total. The smallest absolute Gasteiger partial charge is 0.242 e. The molecule has 0 saturated heterocycles. The lowest BCUT2D eigenvalue weighted by atomic mass is 10.1. The molecule has 0 aliphatic rings. The van der Waals surface area contributed by atoms with Crippen LogP contribution < -0.4 is 15.8 Å². The molecule has 7 heteroatoms. The molecule has 2 amide bonds. The lowest BCUT2D eigenvalue weighted by Crippen LogP contribution is -2.47. The van der Waals surface area contributed by atoms with Gasteiger partial charge < -0.3 is 20.7 Å². The average molecular weight is 358 g/mol. The number of likely N-dealkylation sites (N-methyl/N-ethyl adjacent to an activating group) is 1. The van der Waals surface area contributed by atoms with E-state index in [1.165, 1.54) is 0 Å². The zero-order valence-corrected chi connectivity index (χ0v) is 15.8. The predicted molar refractivity (Wildman–Crippen MR) is 97.3 cm³/mol. The van der Waals surface area contributed by atoms with Gasteiger partial charge in [-0.1, -0.05) is 26.0 Å². The van der Waals surface area contributed by atoms with E-state index in [-0.39, 0.29) is 36.7 Å². The first-order chi connectivity index (χ1) is 10.8. The topological polar surface area (TPSA) is 84.7 Å². The number of hydrogen-bond donors (Lipinski definition) is 2. The van der Waals surface area contributed by atoms with Crippen molar-refractivity contribution in [3.63, 3.8) is 0 Å². The second kappa shape index (κ2) is 10.2. The average Bonchev–Trinajstić information content (AvgIpc) is 2.51. The van der Waals surface area contributed by atoms with Crippen molar-refractivity contribution in [2.24, 2.45) is 11.7 Å². The number of carbonyl (C=O) groups excluding carboxylic acids is 2. The molecule has 0 saturated carbocycles. The van der Waals surface area contributed by atoms with Gasteiger partial charge in [-0.2, -0.15) is 0 Å². The van der Waals surface area contributed by atoms with Crippen molar-refractivity contribution >= 4 is 24.2 Å². The molecule has 3 N–H and O–H groups in total. The molecule has 0 spiro atoms. The van der Waals surface area contributed by atoms with Crippen molar-refractivity contribution in [2.75, 3.05) is 20.7 Å². The zero-order chi connectivity index (χ0) is 17.6. The second-order valence-corrected chi connectivity index (χ2v) is 6.04. The SMILES string of the molecule is COc1ccc(CN(C)C(=O)CNC(=O)[C@@H](N)C(C)C)cc1C.Cl. The summed E-state index contributed by atoms with van der Waals surface area (Å²) in [6.45, 7) is 6.10. The summed E-state index contributed by atoms with van der Waals surface area (Å²) < 4.78 is 5.22. The zero-order valence-electron chi connectivity index (χ0n) is 15.0. The highest BCUT2D eigenvalue weighted by Gasteiger charge is 2.18. The van der Waals surface area contributed by atoms with Crippen molar-refractivity contribution < 1.29 is 14.3 Å². The van der Waals surface area contributed by atoms with Gasteiger partial charge >= 0.3 is 0 Å². The fourth-order valence-corrected chi connectivity index (χ4v) is 2.12. The number of aryl methyl sites for hydroxylation is 1. The molecule has 0 radical (unpaired) electrons. The fourth-order valence-electron chi connectivity index (χ4n) is 2.12. The fraction of sp³-hybridized carbons (Fsp3) is 0.529. The highest BCUT2D eigenvalue weighted by Crippen LogP contribution is 2.19. The molecule has 0 heterocycles. The maximum atomic E-state index is 12.1. The number of carbonyl (C=O) groups is 2. The second-order valence-electron chi connectivity index (χ2n) is 6.04. The highest BCUT2D eigenvalue weighted by molar-refractivity contribution is 5.87. The predicted octanol–water partition coefficient (Wildman–Crippen LogP) is 1.48. The Morgan fingerprint density at radius 2 is 1.96 bits per heavy atom. The van der Waals surface area contributed by atoms with E-state index in [0.717, 1.165) is 16.9 Å². The third-order valence-electron chi connectivity index (χ3n) is 3.74. The number of methoxy groups -OCH3 is 1. The van der Waals surface area contributed by atoms with Crippen LogP contribution in [-0.2, 0) is 16.1 Å². The molecule has 0 aliphatic carbocycles. The van der Waals surface area contributed by atoms with Crippen LogP contribution in [0.3, 0.4) is 0 Å². The van der Waals surface area contributed by atoms with Crippen LogP contribution in [-0.4, -0.2) is 43.5 Å². The number of nitrogens with zero attached hydrogens (tertiary/aromatic N) is 1. The molecule has 0 bridgehead atoms. The van der Waals surface area contributed by atoms with Gasteiger partial charge in [-0.3, -0.25) is 9.59 Å². The number of benzene rings is 1. The summed E-state index contributed by atoms with van der Waals surface area (Å²) >= 11 is 0. The summed E-state index contributed by atoms with van der Waals surface area (Å²) in [6.07, 6.45) is 0. The molecule has 1 rings (SSSR count). The molecule has 0 fully saturated rings. The van der Waals surface area contributed by atoms with E-state index in [0.29, 0.717) is 6.54 Å². The Hall–Kier alpha value is -1.79. The van der Waals surface area contributed by atoms with E-state index in [4.69, 9.17) is 10.5 Å². The van der Waals surface area contributed by atoms with Crippen LogP contribution in [0.4, 0.5) is 0 Å². The summed E-state index contributed by atoms with van der Waals surface area (Å²) in [6, 6.07) is 5.18. The Labute approximate surface area is 150 Å². The summed E-state index contributed by atoms with van der Waals surface area (Å²) in [5.74, 6) is 0.382. The lowest BCUT2D eigenvalue weighted by molar-refractivity contribution is -0.132. The van der Waals surface area contributed by atoms with Gasteiger partial charge in [0.15, 0.2) is 0 Å². The third kappa shape index (κ3) is 6.37. The molecule has 0 aliphatic heterocycles. The first kappa shape index (κ1) is 22.2. The quantitative estimate of drug-likeness (QED) is 0.774. The van der Waals surface area contributed by atoms with Gasteiger partial charge in [-0.15, -0.1) is 12.4 Å². The van der Waals surface area contributed by atoms with Crippen molar-refractivity contribution in [1.82, 2.24) is 10.2 Å². The normalized spacial score (nSPS) is 11.5. The minimum atomic E-state index is -0.600. The van der Waals surface area contributed by atoms with E-state index < -0.39 is 6.04 Å². The third-order valence-corrected chi connectivity index (χ3v) is 3.74. The van der Waals surface area contributed by atoms with Crippen LogP contribution in [0.25, 0.3) is 0 Å². The Balaban J connectivity index is 0.00000529. The summed E-state index contributed by atoms with van der Waals surface area (Å²) in [5.41, 5.74) is 7.76. The van der Waals surface area contributed by atoms with Crippen molar-refractivity contribution in [1.29, 1.82) is 0 Å². The summed E-state index contributed by atoms with van der Waals surface area (Å²) in [7, 11) is 3.33. The Bertz CT molecular complexity index is 564. The first-order valence-corrected chi connectivity index (χ1v) is 7.67.